The van der Waals surface area contributed by atoms with Crippen molar-refractivity contribution in [1.29, 1.82) is 0 Å². The van der Waals surface area contributed by atoms with Crippen LogP contribution < -0.4 is 5.73 Å². The molecular formula is C15H33BN2O2. The van der Waals surface area contributed by atoms with Crippen LogP contribution in [0.2, 0.25) is 6.32 Å². The van der Waals surface area contributed by atoms with Crippen molar-refractivity contribution in [2.45, 2.75) is 70.7 Å². The molecule has 0 aromatic carbocycles. The summed E-state index contributed by atoms with van der Waals surface area (Å²) in [5.41, 5.74) is 6.41. The van der Waals surface area contributed by atoms with Crippen LogP contribution in [0.15, 0.2) is 0 Å². The minimum Gasteiger partial charge on any atom is -0.427 e. The Kier molecular flexibility index (Phi) is 8.11. The highest BCUT2D eigenvalue weighted by atomic mass is 16.4. The Bertz CT molecular complexity index is 254. The van der Waals surface area contributed by atoms with E-state index in [0.29, 0.717) is 12.2 Å². The van der Waals surface area contributed by atoms with E-state index in [1.807, 2.05) is 0 Å². The van der Waals surface area contributed by atoms with Gasteiger partial charge in [0, 0.05) is 5.54 Å². The van der Waals surface area contributed by atoms with E-state index >= 15 is 0 Å². The van der Waals surface area contributed by atoms with Gasteiger partial charge >= 0.3 is 7.12 Å². The maximum atomic E-state index is 8.85. The molecule has 0 aromatic heterocycles. The molecule has 1 aliphatic rings. The lowest BCUT2D eigenvalue weighted by atomic mass is 9.75. The molecule has 1 aliphatic heterocycles. The summed E-state index contributed by atoms with van der Waals surface area (Å²) in [4.78, 5) is 2.57. The highest BCUT2D eigenvalue weighted by Crippen LogP contribution is 2.30. The predicted octanol–water partition coefficient (Wildman–Crippen LogP) is 1.86. The number of nitrogens with zero attached hydrogens (tertiary/aromatic N) is 1. The average Bonchev–Trinajstić information content (AvgIpc) is 2.42. The molecule has 118 valence electrons. The van der Waals surface area contributed by atoms with E-state index in [4.69, 9.17) is 15.8 Å². The Labute approximate surface area is 124 Å². The molecule has 5 heteroatoms. The van der Waals surface area contributed by atoms with Crippen molar-refractivity contribution in [3.63, 3.8) is 0 Å². The van der Waals surface area contributed by atoms with Crippen molar-refractivity contribution in [3.8, 4) is 0 Å². The minimum absolute atomic E-state index is 0.0999. The van der Waals surface area contributed by atoms with Gasteiger partial charge in [-0.25, -0.2) is 0 Å². The summed E-state index contributed by atoms with van der Waals surface area (Å²) in [5.74, 6) is 0.611. The van der Waals surface area contributed by atoms with Gasteiger partial charge in [-0.3, -0.25) is 0 Å². The Balaban J connectivity index is 2.23. The van der Waals surface area contributed by atoms with Crippen LogP contribution in [0.5, 0.6) is 0 Å². The topological polar surface area (TPSA) is 69.7 Å². The molecule has 4 N–H and O–H groups in total. The Morgan fingerprint density at radius 2 is 1.85 bits per heavy atom. The van der Waals surface area contributed by atoms with E-state index in [2.05, 4.69) is 18.7 Å². The molecule has 0 amide bonds. The van der Waals surface area contributed by atoms with Crippen molar-refractivity contribution in [2.24, 2.45) is 11.7 Å². The Morgan fingerprint density at radius 1 is 1.20 bits per heavy atom. The van der Waals surface area contributed by atoms with E-state index in [9.17, 15) is 0 Å². The second-order valence-corrected chi connectivity index (χ2v) is 6.70. The third kappa shape index (κ3) is 6.57. The van der Waals surface area contributed by atoms with Gasteiger partial charge in [0.15, 0.2) is 0 Å². The Hall–Kier alpha value is -0.0951. The van der Waals surface area contributed by atoms with E-state index in [1.165, 1.54) is 45.3 Å². The highest BCUT2D eigenvalue weighted by Gasteiger charge is 2.32. The van der Waals surface area contributed by atoms with Crippen molar-refractivity contribution in [2.75, 3.05) is 19.6 Å². The molecule has 0 bridgehead atoms. The van der Waals surface area contributed by atoms with Crippen molar-refractivity contribution in [1.82, 2.24) is 4.90 Å². The molecular weight excluding hydrogens is 251 g/mol. The van der Waals surface area contributed by atoms with Gasteiger partial charge in [-0.15, -0.1) is 0 Å². The first-order chi connectivity index (χ1) is 9.45. The number of nitrogens with two attached hydrogens (primary N) is 1. The number of hydrogen-bond donors (Lipinski definition) is 3. The molecule has 1 unspecified atom stereocenters. The lowest BCUT2D eigenvalue weighted by Gasteiger charge is -2.40. The second-order valence-electron chi connectivity index (χ2n) is 6.70. The zero-order valence-corrected chi connectivity index (χ0v) is 13.4. The lowest BCUT2D eigenvalue weighted by Crippen LogP contribution is -2.49. The third-order valence-corrected chi connectivity index (χ3v) is 4.78. The molecule has 1 heterocycles. The maximum absolute atomic E-state index is 8.85. The summed E-state index contributed by atoms with van der Waals surface area (Å²) in [7, 11) is -1.17. The standard InChI is InChI=1S/C15H33BN2O2/c1-3-4-11-18-12-7-14(8-13-18)15(2,17)9-5-6-10-16(19)20/h14,19-20H,3-13,17H2,1-2H3. The van der Waals surface area contributed by atoms with Gasteiger partial charge in [0.25, 0.3) is 0 Å². The number of rotatable bonds is 9. The lowest BCUT2D eigenvalue weighted by molar-refractivity contribution is 0.129. The van der Waals surface area contributed by atoms with Gasteiger partial charge in [0.05, 0.1) is 0 Å². The van der Waals surface area contributed by atoms with E-state index in [1.54, 1.807) is 0 Å². The largest absolute Gasteiger partial charge is 0.451 e. The van der Waals surface area contributed by atoms with Gasteiger partial charge in [0.2, 0.25) is 0 Å². The first-order valence-electron chi connectivity index (χ1n) is 8.33. The third-order valence-electron chi connectivity index (χ3n) is 4.78. The van der Waals surface area contributed by atoms with Crippen molar-refractivity contribution >= 4 is 7.12 Å². The monoisotopic (exact) mass is 284 g/mol. The molecule has 0 radical (unpaired) electrons. The number of likely N-dealkylation sites (tertiary alicyclic amines) is 1. The van der Waals surface area contributed by atoms with Crippen LogP contribution in [-0.2, 0) is 0 Å². The molecule has 0 saturated carbocycles. The molecule has 1 fully saturated rings. The van der Waals surface area contributed by atoms with Crippen LogP contribution in [0.4, 0.5) is 0 Å². The normalized spacial score (nSPS) is 20.9. The number of hydrogen-bond acceptors (Lipinski definition) is 4. The fourth-order valence-corrected chi connectivity index (χ4v) is 3.23. The van der Waals surface area contributed by atoms with Gasteiger partial charge in [-0.2, -0.15) is 0 Å². The average molecular weight is 284 g/mol. The summed E-state index contributed by atoms with van der Waals surface area (Å²) in [6.07, 6.45) is 8.27. The fourth-order valence-electron chi connectivity index (χ4n) is 3.23. The van der Waals surface area contributed by atoms with Crippen LogP contribution in [-0.4, -0.2) is 47.2 Å². The van der Waals surface area contributed by atoms with Crippen LogP contribution in [0.25, 0.3) is 0 Å². The molecule has 1 saturated heterocycles. The highest BCUT2D eigenvalue weighted by molar-refractivity contribution is 6.40. The van der Waals surface area contributed by atoms with Gasteiger partial charge in [-0.1, -0.05) is 26.2 Å². The molecule has 4 nitrogen and oxygen atoms in total. The van der Waals surface area contributed by atoms with Crippen molar-refractivity contribution < 1.29 is 10.0 Å². The fraction of sp³-hybridized carbons (Fsp3) is 1.00. The first kappa shape index (κ1) is 18.0. The summed E-state index contributed by atoms with van der Waals surface area (Å²) in [5, 5.41) is 17.7. The summed E-state index contributed by atoms with van der Waals surface area (Å²) in [6.45, 7) is 8.03. The van der Waals surface area contributed by atoms with Gasteiger partial charge in [-0.05, 0) is 64.5 Å². The Morgan fingerprint density at radius 3 is 2.40 bits per heavy atom. The smallest absolute Gasteiger partial charge is 0.427 e. The zero-order chi connectivity index (χ0) is 15.0. The summed E-state index contributed by atoms with van der Waals surface area (Å²) < 4.78 is 0. The van der Waals surface area contributed by atoms with Crippen LogP contribution >= 0.6 is 0 Å². The zero-order valence-electron chi connectivity index (χ0n) is 13.4. The summed E-state index contributed by atoms with van der Waals surface area (Å²) >= 11 is 0. The van der Waals surface area contributed by atoms with Crippen molar-refractivity contribution in [3.05, 3.63) is 0 Å². The maximum Gasteiger partial charge on any atom is 0.451 e. The first-order valence-corrected chi connectivity index (χ1v) is 8.33. The van der Waals surface area contributed by atoms with E-state index in [0.717, 1.165) is 19.3 Å². The van der Waals surface area contributed by atoms with Gasteiger partial charge in [0.1, 0.15) is 0 Å². The SMILES string of the molecule is CCCCN1CCC(C(C)(N)CCCCB(O)O)CC1. The predicted molar refractivity (Wildman–Crippen MR) is 85.5 cm³/mol. The van der Waals surface area contributed by atoms with E-state index < -0.39 is 7.12 Å². The molecule has 20 heavy (non-hydrogen) atoms. The number of unbranched alkanes of at least 4 members (excludes halogenated alkanes) is 2. The van der Waals surface area contributed by atoms with Crippen LogP contribution in [0, 0.1) is 5.92 Å². The van der Waals surface area contributed by atoms with Crippen LogP contribution in [0.1, 0.15) is 58.8 Å². The number of piperidine rings is 1. The molecule has 0 aromatic rings. The molecule has 0 spiro atoms. The minimum atomic E-state index is -1.17. The molecule has 1 rings (SSSR count). The van der Waals surface area contributed by atoms with E-state index in [-0.39, 0.29) is 5.54 Å². The second kappa shape index (κ2) is 9.03. The van der Waals surface area contributed by atoms with Gasteiger partial charge < -0.3 is 20.7 Å². The van der Waals surface area contributed by atoms with Crippen LogP contribution in [0.3, 0.4) is 0 Å². The molecule has 0 aliphatic carbocycles. The quantitative estimate of drug-likeness (QED) is 0.446. The summed E-state index contributed by atoms with van der Waals surface area (Å²) in [6, 6.07) is 0. The molecule has 1 atom stereocenters.